The third kappa shape index (κ3) is 9.42. The lowest BCUT2D eigenvalue weighted by Gasteiger charge is -2.21. The molecule has 3 amide bonds. The Morgan fingerprint density at radius 2 is 1.65 bits per heavy atom. The van der Waals surface area contributed by atoms with Gasteiger partial charge in [-0.05, 0) is 31.9 Å². The molecule has 2 N–H and O–H groups in total. The molecule has 1 aromatic carbocycles. The molecule has 1 saturated carbocycles. The summed E-state index contributed by atoms with van der Waals surface area (Å²) in [6, 6.07) is 6.95. The Kier molecular flexibility index (Phi) is 10.9. The van der Waals surface area contributed by atoms with Gasteiger partial charge < -0.3 is 14.8 Å². The number of carbonyl (C=O) groups excluding carboxylic acids is 4. The summed E-state index contributed by atoms with van der Waals surface area (Å²) >= 11 is 1.25. The van der Waals surface area contributed by atoms with Crippen LogP contribution in [0, 0.1) is 0 Å². The van der Waals surface area contributed by atoms with Crippen LogP contribution < -0.4 is 10.6 Å². The van der Waals surface area contributed by atoms with Gasteiger partial charge in [-0.2, -0.15) is 0 Å². The summed E-state index contributed by atoms with van der Waals surface area (Å²) in [5, 5.41) is 5.06. The molecule has 0 spiro atoms. The first-order valence-electron chi connectivity index (χ1n) is 10.6. The van der Waals surface area contributed by atoms with E-state index in [0.717, 1.165) is 25.7 Å². The van der Waals surface area contributed by atoms with Gasteiger partial charge in [-0.15, -0.1) is 11.8 Å². The first-order valence-corrected chi connectivity index (χ1v) is 11.6. The lowest BCUT2D eigenvalue weighted by molar-refractivity contribution is -0.123. The van der Waals surface area contributed by atoms with Crippen LogP contribution in [0.2, 0.25) is 0 Å². The van der Waals surface area contributed by atoms with Crippen molar-refractivity contribution < 1.29 is 28.7 Å². The van der Waals surface area contributed by atoms with Crippen molar-refractivity contribution in [2.24, 2.45) is 0 Å². The molecule has 2 rings (SSSR count). The van der Waals surface area contributed by atoms with Gasteiger partial charge >= 0.3 is 12.1 Å². The Labute approximate surface area is 186 Å². The van der Waals surface area contributed by atoms with Crippen LogP contribution in [0.3, 0.4) is 0 Å². The predicted molar refractivity (Wildman–Crippen MR) is 117 cm³/mol. The first kappa shape index (κ1) is 24.7. The number of imide groups is 1. The van der Waals surface area contributed by atoms with Gasteiger partial charge in [0.2, 0.25) is 5.91 Å². The van der Waals surface area contributed by atoms with Crippen LogP contribution in [0.5, 0.6) is 0 Å². The van der Waals surface area contributed by atoms with Crippen LogP contribution in [0.15, 0.2) is 29.2 Å². The molecule has 1 aliphatic carbocycles. The van der Waals surface area contributed by atoms with Crippen molar-refractivity contribution in [1.82, 2.24) is 10.6 Å². The molecule has 0 aromatic heterocycles. The zero-order valence-electron chi connectivity index (χ0n) is 17.8. The number of hydrogen-bond acceptors (Lipinski definition) is 7. The minimum absolute atomic E-state index is 0.0624. The number of amides is 3. The van der Waals surface area contributed by atoms with Gasteiger partial charge in [-0.25, -0.2) is 9.59 Å². The van der Waals surface area contributed by atoms with Crippen LogP contribution in [0.25, 0.3) is 0 Å². The van der Waals surface area contributed by atoms with Gasteiger partial charge in [0.15, 0.2) is 6.61 Å². The predicted octanol–water partition coefficient (Wildman–Crippen LogP) is 3.44. The SMILES string of the molecule is CCOC(=O)NC(=O)COC(=O)c1ccccc1SCC(=O)NC1CCCCCCC1. The second-order valence-electron chi connectivity index (χ2n) is 7.24. The molecule has 1 aromatic rings. The quantitative estimate of drug-likeness (QED) is 0.461. The number of ether oxygens (including phenoxy) is 2. The summed E-state index contributed by atoms with van der Waals surface area (Å²) in [5.41, 5.74) is 0.259. The molecule has 0 unspecified atom stereocenters. The van der Waals surface area contributed by atoms with E-state index in [1.54, 1.807) is 31.2 Å². The van der Waals surface area contributed by atoms with Gasteiger partial charge in [0.25, 0.3) is 5.91 Å². The van der Waals surface area contributed by atoms with Gasteiger partial charge in [0, 0.05) is 10.9 Å². The maximum Gasteiger partial charge on any atom is 0.413 e. The summed E-state index contributed by atoms with van der Waals surface area (Å²) < 4.78 is 9.58. The van der Waals surface area contributed by atoms with Crippen molar-refractivity contribution >= 4 is 35.6 Å². The average Bonchev–Trinajstić information content (AvgIpc) is 2.72. The van der Waals surface area contributed by atoms with Crippen LogP contribution in [0.1, 0.15) is 62.2 Å². The Hall–Kier alpha value is -2.55. The molecule has 1 aliphatic rings. The van der Waals surface area contributed by atoms with Crippen molar-refractivity contribution in [2.45, 2.75) is 62.8 Å². The molecule has 8 nitrogen and oxygen atoms in total. The van der Waals surface area contributed by atoms with E-state index < -0.39 is 24.6 Å². The van der Waals surface area contributed by atoms with E-state index in [2.05, 4.69) is 10.1 Å². The highest BCUT2D eigenvalue weighted by Crippen LogP contribution is 2.24. The Balaban J connectivity index is 1.83. The van der Waals surface area contributed by atoms with Crippen LogP contribution in [-0.2, 0) is 19.1 Å². The number of benzene rings is 1. The molecule has 0 saturated heterocycles. The Bertz CT molecular complexity index is 762. The topological polar surface area (TPSA) is 111 Å². The molecule has 0 bridgehead atoms. The van der Waals surface area contributed by atoms with Crippen molar-refractivity contribution in [1.29, 1.82) is 0 Å². The summed E-state index contributed by atoms with van der Waals surface area (Å²) in [4.78, 5) is 48.2. The number of rotatable bonds is 8. The number of alkyl carbamates (subject to hydrolysis) is 1. The van der Waals surface area contributed by atoms with E-state index in [0.29, 0.717) is 4.90 Å². The molecule has 170 valence electrons. The largest absolute Gasteiger partial charge is 0.452 e. The van der Waals surface area contributed by atoms with Crippen molar-refractivity contribution in [3.63, 3.8) is 0 Å². The fourth-order valence-corrected chi connectivity index (χ4v) is 4.15. The fourth-order valence-electron chi connectivity index (χ4n) is 3.30. The van der Waals surface area contributed by atoms with Gasteiger partial charge in [0.05, 0.1) is 17.9 Å². The highest BCUT2D eigenvalue weighted by Gasteiger charge is 2.18. The van der Waals surface area contributed by atoms with E-state index in [-0.39, 0.29) is 29.9 Å². The normalized spacial score (nSPS) is 14.6. The smallest absolute Gasteiger partial charge is 0.413 e. The molecular weight excluding hydrogens is 420 g/mol. The van der Waals surface area contributed by atoms with Crippen molar-refractivity contribution in [2.75, 3.05) is 19.0 Å². The highest BCUT2D eigenvalue weighted by atomic mass is 32.2. The molecule has 1 fully saturated rings. The molecule has 0 aliphatic heterocycles. The molecular formula is C22H30N2O6S. The first-order chi connectivity index (χ1) is 15.0. The lowest BCUT2D eigenvalue weighted by Crippen LogP contribution is -2.36. The monoisotopic (exact) mass is 450 g/mol. The van der Waals surface area contributed by atoms with E-state index >= 15 is 0 Å². The standard InChI is InChI=1S/C22H30N2O6S/c1-2-29-22(28)24-19(25)14-30-21(27)17-12-8-9-13-18(17)31-15-20(26)23-16-10-6-4-3-5-7-11-16/h8-9,12-13,16H,2-7,10-11,14-15H2,1H3,(H,23,26)(H,24,25,28). The summed E-state index contributed by atoms with van der Waals surface area (Å²) in [5.74, 6) is -1.37. The average molecular weight is 451 g/mol. The third-order valence-electron chi connectivity index (χ3n) is 4.79. The van der Waals surface area contributed by atoms with E-state index in [1.165, 1.54) is 31.0 Å². The Morgan fingerprint density at radius 3 is 2.35 bits per heavy atom. The maximum absolute atomic E-state index is 12.4. The number of nitrogens with one attached hydrogen (secondary N) is 2. The van der Waals surface area contributed by atoms with Gasteiger partial charge in [0.1, 0.15) is 0 Å². The summed E-state index contributed by atoms with van der Waals surface area (Å²) in [6.45, 7) is 1.12. The van der Waals surface area contributed by atoms with E-state index in [9.17, 15) is 19.2 Å². The number of hydrogen-bond donors (Lipinski definition) is 2. The molecule has 0 atom stereocenters. The van der Waals surface area contributed by atoms with Crippen LogP contribution >= 0.6 is 11.8 Å². The van der Waals surface area contributed by atoms with Gasteiger partial charge in [-0.3, -0.25) is 14.9 Å². The second kappa shape index (κ2) is 13.7. The molecule has 0 radical (unpaired) electrons. The zero-order valence-corrected chi connectivity index (χ0v) is 18.6. The second-order valence-corrected chi connectivity index (χ2v) is 8.26. The van der Waals surface area contributed by atoms with E-state index in [4.69, 9.17) is 4.74 Å². The zero-order chi connectivity index (χ0) is 22.5. The van der Waals surface area contributed by atoms with Crippen molar-refractivity contribution in [3.8, 4) is 0 Å². The third-order valence-corrected chi connectivity index (χ3v) is 5.86. The minimum atomic E-state index is -0.894. The van der Waals surface area contributed by atoms with Crippen molar-refractivity contribution in [3.05, 3.63) is 29.8 Å². The summed E-state index contributed by atoms with van der Waals surface area (Å²) in [7, 11) is 0. The Morgan fingerprint density at radius 1 is 0.968 bits per heavy atom. The number of thioether (sulfide) groups is 1. The minimum Gasteiger partial charge on any atom is -0.452 e. The van der Waals surface area contributed by atoms with Gasteiger partial charge in [-0.1, -0.05) is 44.2 Å². The molecule has 0 heterocycles. The van der Waals surface area contributed by atoms with Crippen LogP contribution in [-0.4, -0.2) is 48.9 Å². The number of carbonyl (C=O) groups is 4. The fraction of sp³-hybridized carbons (Fsp3) is 0.545. The summed E-state index contributed by atoms with van der Waals surface area (Å²) in [6.07, 6.45) is 7.10. The molecule has 9 heteroatoms. The lowest BCUT2D eigenvalue weighted by atomic mass is 9.97. The number of esters is 1. The maximum atomic E-state index is 12.4. The van der Waals surface area contributed by atoms with Crippen LogP contribution in [0.4, 0.5) is 4.79 Å². The molecule has 31 heavy (non-hydrogen) atoms. The highest BCUT2D eigenvalue weighted by molar-refractivity contribution is 8.00. The van der Waals surface area contributed by atoms with E-state index in [1.807, 2.05) is 5.32 Å².